The average molecular weight is 331 g/mol. The van der Waals surface area contributed by atoms with Gasteiger partial charge in [-0.15, -0.1) is 0 Å². The van der Waals surface area contributed by atoms with Gasteiger partial charge >= 0.3 is 0 Å². The standard InChI is InChI=1S/C19H14FN5/c20-15-3-6-17-18(7-8-22-19(17)11-15)24-23-12-14-1-4-16(5-2-14)25-10-9-21-13-25/h1-13H,(H,22,24)/b23-12+. The molecule has 5 nitrogen and oxygen atoms in total. The molecule has 0 amide bonds. The molecule has 2 heterocycles. The van der Waals surface area contributed by atoms with Crippen molar-refractivity contribution in [3.63, 3.8) is 0 Å². The molecule has 0 saturated carbocycles. The highest BCUT2D eigenvalue weighted by atomic mass is 19.1. The van der Waals surface area contributed by atoms with Crippen LogP contribution in [0.5, 0.6) is 0 Å². The second-order valence-electron chi connectivity index (χ2n) is 5.45. The molecular weight excluding hydrogens is 317 g/mol. The largest absolute Gasteiger partial charge is 0.306 e. The molecule has 0 aliphatic heterocycles. The number of hydrogen-bond acceptors (Lipinski definition) is 4. The first-order chi connectivity index (χ1) is 12.3. The Morgan fingerprint density at radius 1 is 1.04 bits per heavy atom. The van der Waals surface area contributed by atoms with Crippen molar-refractivity contribution < 1.29 is 4.39 Å². The molecule has 0 aliphatic rings. The number of nitrogens with zero attached hydrogens (tertiary/aromatic N) is 4. The van der Waals surface area contributed by atoms with E-state index in [0.717, 1.165) is 22.3 Å². The lowest BCUT2D eigenvalue weighted by molar-refractivity contribution is 0.629. The van der Waals surface area contributed by atoms with Gasteiger partial charge in [0.15, 0.2) is 0 Å². The number of halogens is 1. The highest BCUT2D eigenvalue weighted by Crippen LogP contribution is 2.22. The van der Waals surface area contributed by atoms with E-state index in [0.29, 0.717) is 5.52 Å². The van der Waals surface area contributed by atoms with Crippen molar-refractivity contribution in [1.82, 2.24) is 14.5 Å². The minimum atomic E-state index is -0.307. The summed E-state index contributed by atoms with van der Waals surface area (Å²) in [5.41, 5.74) is 6.34. The summed E-state index contributed by atoms with van der Waals surface area (Å²) in [4.78, 5) is 8.20. The maximum Gasteiger partial charge on any atom is 0.125 e. The van der Waals surface area contributed by atoms with Crippen molar-refractivity contribution >= 4 is 22.8 Å². The summed E-state index contributed by atoms with van der Waals surface area (Å²) in [5, 5.41) is 5.08. The Morgan fingerprint density at radius 2 is 1.92 bits per heavy atom. The summed E-state index contributed by atoms with van der Waals surface area (Å²) in [6.45, 7) is 0. The molecule has 25 heavy (non-hydrogen) atoms. The Hall–Kier alpha value is -3.54. The summed E-state index contributed by atoms with van der Waals surface area (Å²) in [7, 11) is 0. The molecule has 0 atom stereocenters. The van der Waals surface area contributed by atoms with Crippen molar-refractivity contribution in [2.45, 2.75) is 0 Å². The number of pyridine rings is 1. The molecule has 0 saturated heterocycles. The van der Waals surface area contributed by atoms with Gasteiger partial charge in [0.1, 0.15) is 5.82 Å². The topological polar surface area (TPSA) is 55.1 Å². The first-order valence-electron chi connectivity index (χ1n) is 7.71. The van der Waals surface area contributed by atoms with Crippen LogP contribution in [0.3, 0.4) is 0 Å². The summed E-state index contributed by atoms with van der Waals surface area (Å²) >= 11 is 0. The van der Waals surface area contributed by atoms with Crippen molar-refractivity contribution in [3.8, 4) is 5.69 Å². The summed E-state index contributed by atoms with van der Waals surface area (Å²) in [6.07, 6.45) is 8.74. The first kappa shape index (κ1) is 15.0. The van der Waals surface area contributed by atoms with E-state index in [1.807, 2.05) is 35.0 Å². The number of hydrazone groups is 1. The fraction of sp³-hybridized carbons (Fsp3) is 0. The highest BCUT2D eigenvalue weighted by molar-refractivity contribution is 5.91. The second-order valence-corrected chi connectivity index (χ2v) is 5.45. The SMILES string of the molecule is Fc1ccc2c(N/N=C/c3ccc(-n4ccnc4)cc3)ccnc2c1. The Balaban J connectivity index is 1.51. The van der Waals surface area contributed by atoms with Gasteiger partial charge in [-0.2, -0.15) is 5.10 Å². The van der Waals surface area contributed by atoms with Crippen LogP contribution in [0.25, 0.3) is 16.6 Å². The zero-order valence-corrected chi connectivity index (χ0v) is 13.2. The van der Waals surface area contributed by atoms with E-state index >= 15 is 0 Å². The Kier molecular flexibility index (Phi) is 3.92. The third-order valence-electron chi connectivity index (χ3n) is 3.80. The first-order valence-corrected chi connectivity index (χ1v) is 7.71. The number of benzene rings is 2. The van der Waals surface area contributed by atoms with E-state index in [2.05, 4.69) is 20.5 Å². The molecule has 0 spiro atoms. The quantitative estimate of drug-likeness (QED) is 0.454. The van der Waals surface area contributed by atoms with E-state index in [9.17, 15) is 4.39 Å². The van der Waals surface area contributed by atoms with Crippen LogP contribution in [0, 0.1) is 5.82 Å². The van der Waals surface area contributed by atoms with Crippen molar-refractivity contribution in [2.75, 3.05) is 5.43 Å². The van der Waals surface area contributed by atoms with Gasteiger partial charge in [-0.3, -0.25) is 10.4 Å². The number of aromatic nitrogens is 3. The van der Waals surface area contributed by atoms with Crippen molar-refractivity contribution in [3.05, 3.63) is 84.8 Å². The Bertz CT molecular complexity index is 1020. The maximum atomic E-state index is 13.3. The zero-order chi connectivity index (χ0) is 17.1. The van der Waals surface area contributed by atoms with E-state index in [1.54, 1.807) is 37.1 Å². The van der Waals surface area contributed by atoms with Crippen LogP contribution in [0.2, 0.25) is 0 Å². The van der Waals surface area contributed by atoms with Gasteiger partial charge in [0.25, 0.3) is 0 Å². The van der Waals surface area contributed by atoms with Gasteiger partial charge in [0.05, 0.1) is 23.7 Å². The maximum absolute atomic E-state index is 13.3. The van der Waals surface area contributed by atoms with Crippen molar-refractivity contribution in [2.24, 2.45) is 5.10 Å². The van der Waals surface area contributed by atoms with Crippen LogP contribution in [0.1, 0.15) is 5.56 Å². The molecule has 0 bridgehead atoms. The average Bonchev–Trinajstić information content (AvgIpc) is 3.17. The molecule has 1 N–H and O–H groups in total. The Morgan fingerprint density at radius 3 is 2.72 bits per heavy atom. The van der Waals surface area contributed by atoms with Gasteiger partial charge in [-0.1, -0.05) is 12.1 Å². The van der Waals surface area contributed by atoms with E-state index in [-0.39, 0.29) is 5.82 Å². The number of imidazole rings is 1. The predicted octanol–water partition coefficient (Wildman–Crippen LogP) is 4.01. The van der Waals surface area contributed by atoms with Crippen LogP contribution >= 0.6 is 0 Å². The molecule has 0 unspecified atom stereocenters. The minimum Gasteiger partial charge on any atom is -0.306 e. The minimum absolute atomic E-state index is 0.307. The fourth-order valence-corrected chi connectivity index (χ4v) is 2.54. The van der Waals surface area contributed by atoms with Gasteiger partial charge < -0.3 is 4.57 Å². The van der Waals surface area contributed by atoms with E-state index < -0.39 is 0 Å². The number of fused-ring (bicyclic) bond motifs is 1. The van der Waals surface area contributed by atoms with Gasteiger partial charge in [-0.25, -0.2) is 9.37 Å². The van der Waals surface area contributed by atoms with Crippen LogP contribution in [-0.2, 0) is 0 Å². The lowest BCUT2D eigenvalue weighted by Gasteiger charge is -2.05. The third kappa shape index (κ3) is 3.23. The molecular formula is C19H14FN5. The fourth-order valence-electron chi connectivity index (χ4n) is 2.54. The highest BCUT2D eigenvalue weighted by Gasteiger charge is 2.02. The molecule has 6 heteroatoms. The summed E-state index contributed by atoms with van der Waals surface area (Å²) in [5.74, 6) is -0.307. The van der Waals surface area contributed by atoms with E-state index in [1.165, 1.54) is 12.1 Å². The Labute approximate surface area is 143 Å². The van der Waals surface area contributed by atoms with E-state index in [4.69, 9.17) is 0 Å². The van der Waals surface area contributed by atoms with Gasteiger partial charge in [0.2, 0.25) is 0 Å². The zero-order valence-electron chi connectivity index (χ0n) is 13.2. The van der Waals surface area contributed by atoms with Gasteiger partial charge in [-0.05, 0) is 35.9 Å². The lowest BCUT2D eigenvalue weighted by atomic mass is 10.2. The smallest absolute Gasteiger partial charge is 0.125 e. The molecule has 0 fully saturated rings. The lowest BCUT2D eigenvalue weighted by Crippen LogP contribution is -1.94. The van der Waals surface area contributed by atoms with Crippen LogP contribution in [0.15, 0.2) is 78.6 Å². The van der Waals surface area contributed by atoms with Crippen molar-refractivity contribution in [1.29, 1.82) is 0 Å². The molecule has 4 aromatic rings. The number of anilines is 1. The van der Waals surface area contributed by atoms with Crippen LogP contribution < -0.4 is 5.43 Å². The summed E-state index contributed by atoms with van der Waals surface area (Å²) < 4.78 is 15.2. The van der Waals surface area contributed by atoms with Crippen LogP contribution in [0.4, 0.5) is 10.1 Å². The molecule has 122 valence electrons. The summed E-state index contributed by atoms with van der Waals surface area (Å²) in [6, 6.07) is 14.2. The van der Waals surface area contributed by atoms with Crippen LogP contribution in [-0.4, -0.2) is 20.7 Å². The monoisotopic (exact) mass is 331 g/mol. The molecule has 0 aliphatic carbocycles. The normalized spacial score (nSPS) is 11.2. The molecule has 2 aromatic carbocycles. The number of rotatable bonds is 4. The number of hydrogen-bond donors (Lipinski definition) is 1. The molecule has 4 rings (SSSR count). The molecule has 0 radical (unpaired) electrons. The predicted molar refractivity (Wildman–Crippen MR) is 96.5 cm³/mol. The third-order valence-corrected chi connectivity index (χ3v) is 3.80. The second kappa shape index (κ2) is 6.52. The molecule has 2 aromatic heterocycles. The number of nitrogens with one attached hydrogen (secondary N) is 1. The van der Waals surface area contributed by atoms with Gasteiger partial charge in [0, 0.05) is 35.7 Å².